The summed E-state index contributed by atoms with van der Waals surface area (Å²) in [6.07, 6.45) is -0.678. The zero-order chi connectivity index (χ0) is 10.1. The number of alkyl halides is 2. The second-order valence-corrected chi connectivity index (χ2v) is 3.76. The highest BCUT2D eigenvalue weighted by Crippen LogP contribution is 2.47. The van der Waals surface area contributed by atoms with Crippen molar-refractivity contribution in [2.45, 2.75) is 25.2 Å². The highest BCUT2D eigenvalue weighted by Gasteiger charge is 2.39. The Bertz CT molecular complexity index is 319. The van der Waals surface area contributed by atoms with E-state index in [9.17, 15) is 13.9 Å². The Labute approximate surface area is 81.4 Å². The van der Waals surface area contributed by atoms with Gasteiger partial charge < -0.3 is 5.11 Å². The molecule has 1 atom stereocenters. The minimum absolute atomic E-state index is 0.00954. The first-order chi connectivity index (χ1) is 6.70. The summed E-state index contributed by atoms with van der Waals surface area (Å²) in [6.45, 7) is 0. The van der Waals surface area contributed by atoms with Crippen LogP contribution in [0.1, 0.15) is 24.3 Å². The van der Waals surface area contributed by atoms with Gasteiger partial charge in [0.2, 0.25) is 6.43 Å². The largest absolute Gasteiger partial charge is 0.508 e. The highest BCUT2D eigenvalue weighted by atomic mass is 19.3. The molecule has 1 fully saturated rings. The third-order valence-electron chi connectivity index (χ3n) is 2.70. The van der Waals surface area contributed by atoms with E-state index >= 15 is 0 Å². The normalized spacial score (nSPS) is 18.5. The van der Waals surface area contributed by atoms with Crippen molar-refractivity contribution in [3.8, 4) is 5.75 Å². The number of para-hydroxylation sites is 1. The summed E-state index contributed by atoms with van der Waals surface area (Å²) in [5, 5.41) is 9.47. The van der Waals surface area contributed by atoms with Gasteiger partial charge in [-0.3, -0.25) is 0 Å². The molecule has 0 spiro atoms. The fourth-order valence-electron chi connectivity index (χ4n) is 1.82. The van der Waals surface area contributed by atoms with Gasteiger partial charge in [-0.15, -0.1) is 0 Å². The van der Waals surface area contributed by atoms with Gasteiger partial charge in [0.05, 0.1) is 5.92 Å². The van der Waals surface area contributed by atoms with Crippen molar-refractivity contribution in [3.63, 3.8) is 0 Å². The van der Waals surface area contributed by atoms with Gasteiger partial charge in [0, 0.05) is 5.56 Å². The van der Waals surface area contributed by atoms with Crippen molar-refractivity contribution < 1.29 is 13.9 Å². The molecule has 76 valence electrons. The van der Waals surface area contributed by atoms with Gasteiger partial charge in [0.25, 0.3) is 0 Å². The highest BCUT2D eigenvalue weighted by molar-refractivity contribution is 5.36. The molecule has 14 heavy (non-hydrogen) atoms. The number of aromatic hydroxyl groups is 1. The molecule has 0 saturated heterocycles. The molecule has 0 bridgehead atoms. The number of hydrogen-bond donors (Lipinski definition) is 1. The van der Waals surface area contributed by atoms with Crippen LogP contribution in [0.4, 0.5) is 8.78 Å². The number of rotatable bonds is 3. The summed E-state index contributed by atoms with van der Waals surface area (Å²) in [7, 11) is 0. The molecule has 3 heteroatoms. The molecule has 1 saturated carbocycles. The third-order valence-corrected chi connectivity index (χ3v) is 2.70. The van der Waals surface area contributed by atoms with Crippen LogP contribution in [-0.4, -0.2) is 11.5 Å². The molecule has 2 rings (SSSR count). The lowest BCUT2D eigenvalue weighted by Crippen LogP contribution is -2.11. The lowest BCUT2D eigenvalue weighted by atomic mass is 9.94. The Morgan fingerprint density at radius 1 is 1.21 bits per heavy atom. The van der Waals surface area contributed by atoms with Gasteiger partial charge in [-0.1, -0.05) is 18.2 Å². The van der Waals surface area contributed by atoms with E-state index in [-0.39, 0.29) is 11.7 Å². The van der Waals surface area contributed by atoms with Crippen molar-refractivity contribution in [1.82, 2.24) is 0 Å². The summed E-state index contributed by atoms with van der Waals surface area (Å²) >= 11 is 0. The topological polar surface area (TPSA) is 20.2 Å². The molecule has 1 aromatic carbocycles. The standard InChI is InChI=1S/C11H12F2O/c12-11(13)10(7-5-6-7)8-3-1-2-4-9(8)14/h1-4,7,10-11,14H,5-6H2. The minimum atomic E-state index is -2.38. The van der Waals surface area contributed by atoms with Gasteiger partial charge in [-0.25, -0.2) is 8.78 Å². The van der Waals surface area contributed by atoms with E-state index in [1.54, 1.807) is 18.2 Å². The van der Waals surface area contributed by atoms with E-state index in [0.717, 1.165) is 12.8 Å². The molecular formula is C11H12F2O. The van der Waals surface area contributed by atoms with Crippen molar-refractivity contribution in [1.29, 1.82) is 0 Å². The van der Waals surface area contributed by atoms with Crippen LogP contribution in [0, 0.1) is 5.92 Å². The number of hydrogen-bond acceptors (Lipinski definition) is 1. The second-order valence-electron chi connectivity index (χ2n) is 3.76. The van der Waals surface area contributed by atoms with Crippen LogP contribution in [0.3, 0.4) is 0 Å². The van der Waals surface area contributed by atoms with Gasteiger partial charge in [-0.2, -0.15) is 0 Å². The van der Waals surface area contributed by atoms with Crippen molar-refractivity contribution >= 4 is 0 Å². The molecule has 1 nitrogen and oxygen atoms in total. The van der Waals surface area contributed by atoms with Crippen molar-refractivity contribution in [3.05, 3.63) is 29.8 Å². The van der Waals surface area contributed by atoms with Gasteiger partial charge >= 0.3 is 0 Å². The maximum absolute atomic E-state index is 12.7. The van der Waals surface area contributed by atoms with Gasteiger partial charge in [0.1, 0.15) is 5.75 Å². The Balaban J connectivity index is 2.30. The molecular weight excluding hydrogens is 186 g/mol. The SMILES string of the molecule is Oc1ccccc1C(C(F)F)C1CC1. The molecule has 0 heterocycles. The molecule has 1 unspecified atom stereocenters. The molecule has 1 aromatic rings. The molecule has 0 amide bonds. The molecule has 1 aliphatic carbocycles. The Kier molecular flexibility index (Phi) is 2.40. The molecule has 1 aliphatic rings. The van der Waals surface area contributed by atoms with E-state index in [2.05, 4.69) is 0 Å². The smallest absolute Gasteiger partial charge is 0.245 e. The van der Waals surface area contributed by atoms with Gasteiger partial charge in [0.15, 0.2) is 0 Å². The summed E-state index contributed by atoms with van der Waals surface area (Å²) in [6, 6.07) is 6.39. The van der Waals surface area contributed by atoms with Crippen molar-refractivity contribution in [2.24, 2.45) is 5.92 Å². The van der Waals surface area contributed by atoms with Crippen LogP contribution in [0.5, 0.6) is 5.75 Å². The molecule has 1 N–H and O–H groups in total. The lowest BCUT2D eigenvalue weighted by Gasteiger charge is -2.16. The average Bonchev–Trinajstić information content (AvgIpc) is 2.92. The monoisotopic (exact) mass is 198 g/mol. The van der Waals surface area contributed by atoms with Crippen LogP contribution < -0.4 is 0 Å². The van der Waals surface area contributed by atoms with Crippen LogP contribution >= 0.6 is 0 Å². The van der Waals surface area contributed by atoms with Crippen LogP contribution in [-0.2, 0) is 0 Å². The van der Waals surface area contributed by atoms with E-state index in [1.165, 1.54) is 6.07 Å². The first-order valence-electron chi connectivity index (χ1n) is 4.76. The van der Waals surface area contributed by atoms with Crippen LogP contribution in [0.15, 0.2) is 24.3 Å². The maximum Gasteiger partial charge on any atom is 0.245 e. The predicted molar refractivity (Wildman–Crippen MR) is 49.6 cm³/mol. The van der Waals surface area contributed by atoms with E-state index < -0.39 is 12.3 Å². The predicted octanol–water partition coefficient (Wildman–Crippen LogP) is 3.15. The van der Waals surface area contributed by atoms with Gasteiger partial charge in [-0.05, 0) is 24.8 Å². The Hall–Kier alpha value is -1.12. The first-order valence-corrected chi connectivity index (χ1v) is 4.76. The maximum atomic E-state index is 12.7. The third kappa shape index (κ3) is 1.72. The summed E-state index contributed by atoms with van der Waals surface area (Å²) in [5.74, 6) is -0.732. The zero-order valence-corrected chi connectivity index (χ0v) is 7.66. The lowest BCUT2D eigenvalue weighted by molar-refractivity contribution is 0.103. The second kappa shape index (κ2) is 3.56. The molecule has 0 radical (unpaired) electrons. The summed E-state index contributed by atoms with van der Waals surface area (Å²) < 4.78 is 25.5. The number of phenols is 1. The minimum Gasteiger partial charge on any atom is -0.508 e. The first kappa shape index (κ1) is 9.44. The van der Waals surface area contributed by atoms with Crippen LogP contribution in [0.2, 0.25) is 0 Å². The number of benzene rings is 1. The van der Waals surface area contributed by atoms with E-state index in [0.29, 0.717) is 5.56 Å². The van der Waals surface area contributed by atoms with E-state index in [1.807, 2.05) is 0 Å². The quantitative estimate of drug-likeness (QED) is 0.791. The number of phenolic OH excluding ortho intramolecular Hbond substituents is 1. The molecule has 0 aliphatic heterocycles. The number of halogens is 2. The summed E-state index contributed by atoms with van der Waals surface area (Å²) in [4.78, 5) is 0. The van der Waals surface area contributed by atoms with Crippen molar-refractivity contribution in [2.75, 3.05) is 0 Å². The Morgan fingerprint density at radius 3 is 2.36 bits per heavy atom. The molecule has 0 aromatic heterocycles. The Morgan fingerprint density at radius 2 is 1.86 bits per heavy atom. The van der Waals surface area contributed by atoms with Crippen LogP contribution in [0.25, 0.3) is 0 Å². The zero-order valence-electron chi connectivity index (χ0n) is 7.66. The van der Waals surface area contributed by atoms with E-state index in [4.69, 9.17) is 0 Å². The fraction of sp³-hybridized carbons (Fsp3) is 0.455. The summed E-state index contributed by atoms with van der Waals surface area (Å²) in [5.41, 5.74) is 0.394. The fourth-order valence-corrected chi connectivity index (χ4v) is 1.82. The average molecular weight is 198 g/mol.